The molecule has 18 heavy (non-hydrogen) atoms. The van der Waals surface area contributed by atoms with Crippen molar-refractivity contribution in [3.63, 3.8) is 0 Å². The van der Waals surface area contributed by atoms with Crippen molar-refractivity contribution in [2.24, 2.45) is 0 Å². The van der Waals surface area contributed by atoms with Crippen molar-refractivity contribution in [3.8, 4) is 0 Å². The predicted octanol–water partition coefficient (Wildman–Crippen LogP) is 5.29. The second-order valence-electron chi connectivity index (χ2n) is 5.51. The standard InChI is InChI=1S/C18H22/c1-11-7-17(8-12(2)15(11)5)18-9-13(3)16(6)14(4)10-18/h7,9-10H,1,8H2,2-6H3. The van der Waals surface area contributed by atoms with E-state index in [0.29, 0.717) is 0 Å². The summed E-state index contributed by atoms with van der Waals surface area (Å²) >= 11 is 0. The van der Waals surface area contributed by atoms with E-state index in [9.17, 15) is 0 Å². The van der Waals surface area contributed by atoms with Crippen LogP contribution < -0.4 is 0 Å². The zero-order valence-electron chi connectivity index (χ0n) is 12.1. The molecule has 0 radical (unpaired) electrons. The molecule has 0 N–H and O–H groups in total. The number of rotatable bonds is 1. The van der Waals surface area contributed by atoms with E-state index in [1.54, 1.807) is 0 Å². The zero-order valence-corrected chi connectivity index (χ0v) is 12.1. The second-order valence-corrected chi connectivity index (χ2v) is 5.51. The normalized spacial score (nSPS) is 16.1. The quantitative estimate of drug-likeness (QED) is 0.623. The summed E-state index contributed by atoms with van der Waals surface area (Å²) in [5.41, 5.74) is 10.8. The van der Waals surface area contributed by atoms with Gasteiger partial charge < -0.3 is 0 Å². The summed E-state index contributed by atoms with van der Waals surface area (Å²) in [7, 11) is 0. The minimum atomic E-state index is 1.05. The molecule has 0 bridgehead atoms. The first-order chi connectivity index (χ1) is 8.40. The Morgan fingerprint density at radius 1 is 0.944 bits per heavy atom. The summed E-state index contributed by atoms with van der Waals surface area (Å²) in [6.45, 7) is 15.1. The lowest BCUT2D eigenvalue weighted by Gasteiger charge is -2.20. The Morgan fingerprint density at radius 2 is 1.50 bits per heavy atom. The van der Waals surface area contributed by atoms with E-state index < -0.39 is 0 Å². The fraction of sp³-hybridized carbons (Fsp3) is 0.333. The summed E-state index contributed by atoms with van der Waals surface area (Å²) in [6, 6.07) is 4.60. The molecular formula is C18H22. The minimum Gasteiger partial charge on any atom is -0.0915 e. The van der Waals surface area contributed by atoms with Crippen LogP contribution in [0.25, 0.3) is 5.57 Å². The lowest BCUT2D eigenvalue weighted by Crippen LogP contribution is -1.99. The fourth-order valence-corrected chi connectivity index (χ4v) is 2.47. The third-order valence-electron chi connectivity index (χ3n) is 4.22. The van der Waals surface area contributed by atoms with Crippen molar-refractivity contribution >= 4 is 5.57 Å². The Morgan fingerprint density at radius 3 is 2.00 bits per heavy atom. The van der Waals surface area contributed by atoms with Gasteiger partial charge in [0.1, 0.15) is 0 Å². The van der Waals surface area contributed by atoms with Crippen LogP contribution in [0.3, 0.4) is 0 Å². The number of allylic oxidation sites excluding steroid dienone is 5. The maximum Gasteiger partial charge on any atom is -0.00578 e. The van der Waals surface area contributed by atoms with Crippen molar-refractivity contribution in [1.29, 1.82) is 0 Å². The molecule has 94 valence electrons. The maximum absolute atomic E-state index is 4.15. The van der Waals surface area contributed by atoms with Crippen LogP contribution >= 0.6 is 0 Å². The number of hydrogen-bond donors (Lipinski definition) is 0. The van der Waals surface area contributed by atoms with Gasteiger partial charge in [-0.3, -0.25) is 0 Å². The van der Waals surface area contributed by atoms with E-state index in [2.05, 4.69) is 59.4 Å². The van der Waals surface area contributed by atoms with Crippen LogP contribution in [-0.2, 0) is 0 Å². The smallest absolute Gasteiger partial charge is 0.00578 e. The Kier molecular flexibility index (Phi) is 3.30. The molecular weight excluding hydrogens is 216 g/mol. The molecule has 1 aliphatic rings. The van der Waals surface area contributed by atoms with Gasteiger partial charge in [0.15, 0.2) is 0 Å². The molecule has 0 fully saturated rings. The van der Waals surface area contributed by atoms with E-state index in [4.69, 9.17) is 0 Å². The van der Waals surface area contributed by atoms with Gasteiger partial charge in [-0.2, -0.15) is 0 Å². The average molecular weight is 238 g/mol. The monoisotopic (exact) mass is 238 g/mol. The molecule has 0 spiro atoms. The molecule has 0 heteroatoms. The Hall–Kier alpha value is -1.56. The van der Waals surface area contributed by atoms with Gasteiger partial charge in [0.25, 0.3) is 0 Å². The molecule has 0 amide bonds. The van der Waals surface area contributed by atoms with Crippen molar-refractivity contribution in [1.82, 2.24) is 0 Å². The number of hydrogen-bond acceptors (Lipinski definition) is 0. The van der Waals surface area contributed by atoms with Crippen LogP contribution in [0.15, 0.2) is 41.5 Å². The lowest BCUT2D eigenvalue weighted by atomic mass is 9.85. The molecule has 0 saturated heterocycles. The van der Waals surface area contributed by atoms with Crippen LogP contribution in [0.4, 0.5) is 0 Å². The topological polar surface area (TPSA) is 0 Å². The van der Waals surface area contributed by atoms with Crippen molar-refractivity contribution in [2.75, 3.05) is 0 Å². The molecule has 1 aromatic rings. The summed E-state index contributed by atoms with van der Waals surface area (Å²) in [6.07, 6.45) is 3.29. The maximum atomic E-state index is 4.15. The molecule has 0 heterocycles. The van der Waals surface area contributed by atoms with Gasteiger partial charge in [-0.15, -0.1) is 0 Å². The summed E-state index contributed by atoms with van der Waals surface area (Å²) in [5.74, 6) is 0. The van der Waals surface area contributed by atoms with Gasteiger partial charge in [0.05, 0.1) is 0 Å². The third kappa shape index (κ3) is 2.20. The molecule has 0 atom stereocenters. The third-order valence-corrected chi connectivity index (χ3v) is 4.22. The van der Waals surface area contributed by atoms with Gasteiger partial charge in [0.2, 0.25) is 0 Å². The van der Waals surface area contributed by atoms with Crippen molar-refractivity contribution < 1.29 is 0 Å². The van der Waals surface area contributed by atoms with E-state index in [1.807, 2.05) is 0 Å². The van der Waals surface area contributed by atoms with Gasteiger partial charge >= 0.3 is 0 Å². The molecule has 0 saturated carbocycles. The molecule has 0 aromatic heterocycles. The lowest BCUT2D eigenvalue weighted by molar-refractivity contribution is 1.13. The van der Waals surface area contributed by atoms with Crippen LogP contribution in [0, 0.1) is 20.8 Å². The first-order valence-electron chi connectivity index (χ1n) is 6.54. The van der Waals surface area contributed by atoms with Crippen molar-refractivity contribution in [2.45, 2.75) is 41.0 Å². The van der Waals surface area contributed by atoms with Gasteiger partial charge in [0, 0.05) is 0 Å². The first-order valence-corrected chi connectivity index (χ1v) is 6.54. The predicted molar refractivity (Wildman–Crippen MR) is 80.8 cm³/mol. The molecule has 1 aromatic carbocycles. The summed E-state index contributed by atoms with van der Waals surface area (Å²) < 4.78 is 0. The highest BCUT2D eigenvalue weighted by atomic mass is 14.2. The van der Waals surface area contributed by atoms with Crippen LogP contribution in [0.5, 0.6) is 0 Å². The molecule has 1 aliphatic carbocycles. The van der Waals surface area contributed by atoms with Gasteiger partial charge in [-0.25, -0.2) is 0 Å². The molecule has 0 aliphatic heterocycles. The SMILES string of the molecule is C=C1C=C(c2cc(C)c(C)c(C)c2)CC(C)=C1C. The zero-order chi connectivity index (χ0) is 13.4. The molecule has 2 rings (SSSR count). The number of benzene rings is 1. The average Bonchev–Trinajstić information content (AvgIpc) is 2.31. The van der Waals surface area contributed by atoms with E-state index >= 15 is 0 Å². The largest absolute Gasteiger partial charge is 0.0915 e. The Bertz CT molecular complexity index is 557. The Labute approximate surface area is 111 Å². The van der Waals surface area contributed by atoms with E-state index in [-0.39, 0.29) is 0 Å². The van der Waals surface area contributed by atoms with Crippen molar-refractivity contribution in [3.05, 3.63) is 63.8 Å². The summed E-state index contributed by atoms with van der Waals surface area (Å²) in [5, 5.41) is 0. The van der Waals surface area contributed by atoms with E-state index in [1.165, 1.54) is 39.0 Å². The van der Waals surface area contributed by atoms with Gasteiger partial charge in [-0.05, 0) is 80.0 Å². The van der Waals surface area contributed by atoms with Crippen LogP contribution in [0.2, 0.25) is 0 Å². The first kappa shape index (κ1) is 12.9. The summed E-state index contributed by atoms with van der Waals surface area (Å²) in [4.78, 5) is 0. The van der Waals surface area contributed by atoms with Crippen LogP contribution in [-0.4, -0.2) is 0 Å². The fourth-order valence-electron chi connectivity index (χ4n) is 2.47. The highest BCUT2D eigenvalue weighted by Gasteiger charge is 2.13. The minimum absolute atomic E-state index is 1.05. The van der Waals surface area contributed by atoms with Gasteiger partial charge in [-0.1, -0.05) is 30.4 Å². The molecule has 0 nitrogen and oxygen atoms in total. The van der Waals surface area contributed by atoms with Crippen LogP contribution in [0.1, 0.15) is 42.5 Å². The molecule has 0 unspecified atom stereocenters. The highest BCUT2D eigenvalue weighted by molar-refractivity contribution is 5.75. The number of aryl methyl sites for hydroxylation is 2. The van der Waals surface area contributed by atoms with E-state index in [0.717, 1.165) is 12.0 Å². The Balaban J connectivity index is 2.46. The highest BCUT2D eigenvalue weighted by Crippen LogP contribution is 2.34. The second kappa shape index (κ2) is 4.61.